The van der Waals surface area contributed by atoms with Gasteiger partial charge in [-0.15, -0.1) is 0 Å². The number of hydrogen-bond donors (Lipinski definition) is 3. The van der Waals surface area contributed by atoms with E-state index in [0.29, 0.717) is 31.6 Å². The van der Waals surface area contributed by atoms with Crippen LogP contribution in [-0.2, 0) is 65.4 Å². The van der Waals surface area contributed by atoms with Gasteiger partial charge in [0.25, 0.3) is 0 Å². The molecule has 2 unspecified atom stereocenters. The van der Waals surface area contributed by atoms with Crippen LogP contribution < -0.4 is 0 Å². The van der Waals surface area contributed by atoms with Crippen LogP contribution in [0.4, 0.5) is 0 Å². The molecule has 0 aliphatic rings. The molecule has 0 bridgehead atoms. The van der Waals surface area contributed by atoms with Gasteiger partial charge in [0.1, 0.15) is 19.3 Å². The highest BCUT2D eigenvalue weighted by atomic mass is 31.2. The zero-order valence-electron chi connectivity index (χ0n) is 62.7. The summed E-state index contributed by atoms with van der Waals surface area (Å²) in [6, 6.07) is 0. The SMILES string of the molecule is CCCCCCCCCCCCCCCCCC(=O)OC[C@H](COP(=O)(O)OC[C@@H](O)COP(=O)(O)OC[C@@H](COC(=O)CCCCCCCCC(C)C)OC(=O)CCCCCCCCCCCCCCCC)OC(=O)CCCCCCCCCCCCCCCCCC(C)C. The summed E-state index contributed by atoms with van der Waals surface area (Å²) < 4.78 is 68.5. The van der Waals surface area contributed by atoms with Gasteiger partial charge in [-0.1, -0.05) is 350 Å². The van der Waals surface area contributed by atoms with Crippen LogP contribution in [0.1, 0.15) is 401 Å². The Bertz CT molecular complexity index is 1860. The molecule has 0 aliphatic carbocycles. The van der Waals surface area contributed by atoms with Gasteiger partial charge in [-0.25, -0.2) is 9.13 Å². The van der Waals surface area contributed by atoms with Crippen LogP contribution in [-0.4, -0.2) is 96.7 Å². The number of phosphoric acid groups is 2. The smallest absolute Gasteiger partial charge is 0.462 e. The first kappa shape index (κ1) is 94.1. The zero-order valence-corrected chi connectivity index (χ0v) is 64.5. The number of ether oxygens (including phenoxy) is 4. The van der Waals surface area contributed by atoms with E-state index in [0.717, 1.165) is 102 Å². The lowest BCUT2D eigenvalue weighted by atomic mass is 10.0. The number of carbonyl (C=O) groups is 4. The van der Waals surface area contributed by atoms with Crippen molar-refractivity contribution in [3.8, 4) is 0 Å². The van der Waals surface area contributed by atoms with Gasteiger partial charge in [-0.3, -0.25) is 37.3 Å². The Morgan fingerprint density at radius 1 is 0.281 bits per heavy atom. The summed E-state index contributed by atoms with van der Waals surface area (Å²) in [5, 5.41) is 10.6. The zero-order chi connectivity index (χ0) is 70.7. The molecule has 0 fully saturated rings. The van der Waals surface area contributed by atoms with E-state index in [9.17, 15) is 43.2 Å². The summed E-state index contributed by atoms with van der Waals surface area (Å²) in [6.07, 6.45) is 56.9. The van der Waals surface area contributed by atoms with Gasteiger partial charge in [0.15, 0.2) is 12.2 Å². The third kappa shape index (κ3) is 70.5. The Morgan fingerprint density at radius 3 is 0.708 bits per heavy atom. The molecule has 0 saturated carbocycles. The van der Waals surface area contributed by atoms with E-state index < -0.39 is 97.5 Å². The molecular formula is C77H150O17P2. The largest absolute Gasteiger partial charge is 0.472 e. The lowest BCUT2D eigenvalue weighted by molar-refractivity contribution is -0.161. The van der Waals surface area contributed by atoms with Gasteiger partial charge in [0, 0.05) is 25.7 Å². The molecule has 0 spiro atoms. The highest BCUT2D eigenvalue weighted by molar-refractivity contribution is 7.47. The average Bonchev–Trinajstić information content (AvgIpc) is 1.82. The quantitative estimate of drug-likeness (QED) is 0.0222. The second-order valence-electron chi connectivity index (χ2n) is 28.7. The molecule has 17 nitrogen and oxygen atoms in total. The molecule has 0 aliphatic heterocycles. The van der Waals surface area contributed by atoms with Crippen LogP contribution in [0.15, 0.2) is 0 Å². The van der Waals surface area contributed by atoms with E-state index in [1.54, 1.807) is 0 Å². The van der Waals surface area contributed by atoms with E-state index >= 15 is 0 Å². The molecule has 3 N–H and O–H groups in total. The molecule has 570 valence electrons. The predicted molar refractivity (Wildman–Crippen MR) is 391 cm³/mol. The van der Waals surface area contributed by atoms with Crippen LogP contribution in [0.25, 0.3) is 0 Å². The third-order valence-corrected chi connectivity index (χ3v) is 19.9. The normalized spacial score (nSPS) is 14.0. The van der Waals surface area contributed by atoms with Crippen molar-refractivity contribution in [1.82, 2.24) is 0 Å². The first-order valence-corrected chi connectivity index (χ1v) is 43.0. The summed E-state index contributed by atoms with van der Waals surface area (Å²) in [5.74, 6) is -0.632. The summed E-state index contributed by atoms with van der Waals surface area (Å²) >= 11 is 0. The molecule has 0 rings (SSSR count). The first-order chi connectivity index (χ1) is 46.4. The molecule has 0 heterocycles. The molecule has 96 heavy (non-hydrogen) atoms. The Hall–Kier alpha value is -1.94. The van der Waals surface area contributed by atoms with Crippen LogP contribution in [0.2, 0.25) is 0 Å². The lowest BCUT2D eigenvalue weighted by Gasteiger charge is -2.21. The lowest BCUT2D eigenvalue weighted by Crippen LogP contribution is -2.30. The number of hydrogen-bond acceptors (Lipinski definition) is 15. The van der Waals surface area contributed by atoms with E-state index in [1.807, 2.05) is 0 Å². The number of aliphatic hydroxyl groups is 1. The second-order valence-corrected chi connectivity index (χ2v) is 31.6. The monoisotopic (exact) mass is 1410 g/mol. The van der Waals surface area contributed by atoms with Gasteiger partial charge in [-0.05, 0) is 37.5 Å². The summed E-state index contributed by atoms with van der Waals surface area (Å²) in [5.41, 5.74) is 0. The van der Waals surface area contributed by atoms with Crippen LogP contribution >= 0.6 is 15.6 Å². The van der Waals surface area contributed by atoms with Crippen molar-refractivity contribution in [2.45, 2.75) is 419 Å². The molecule has 0 aromatic heterocycles. The minimum absolute atomic E-state index is 0.107. The van der Waals surface area contributed by atoms with Crippen molar-refractivity contribution >= 4 is 39.5 Å². The number of phosphoric ester groups is 2. The first-order valence-electron chi connectivity index (χ1n) is 40.0. The van der Waals surface area contributed by atoms with Gasteiger partial charge in [0.05, 0.1) is 26.4 Å². The van der Waals surface area contributed by atoms with E-state index in [2.05, 4.69) is 41.5 Å². The maximum atomic E-state index is 13.1. The van der Waals surface area contributed by atoms with Crippen molar-refractivity contribution in [2.24, 2.45) is 11.8 Å². The maximum absolute atomic E-state index is 13.1. The Kier molecular flexibility index (Phi) is 67.4. The topological polar surface area (TPSA) is 237 Å². The molecule has 0 aromatic carbocycles. The van der Waals surface area contributed by atoms with Crippen LogP contribution in [0, 0.1) is 11.8 Å². The Balaban J connectivity index is 5.23. The third-order valence-electron chi connectivity index (χ3n) is 18.0. The Morgan fingerprint density at radius 2 is 0.479 bits per heavy atom. The number of rotatable bonds is 76. The molecule has 5 atom stereocenters. The fraction of sp³-hybridized carbons (Fsp3) is 0.948. The average molecular weight is 1410 g/mol. The minimum atomic E-state index is -4.96. The van der Waals surface area contributed by atoms with E-state index in [4.69, 9.17) is 37.0 Å². The highest BCUT2D eigenvalue weighted by Gasteiger charge is 2.30. The van der Waals surface area contributed by atoms with Crippen LogP contribution in [0.3, 0.4) is 0 Å². The highest BCUT2D eigenvalue weighted by Crippen LogP contribution is 2.45. The molecule has 0 saturated heterocycles. The molecule has 19 heteroatoms. The fourth-order valence-corrected chi connectivity index (χ4v) is 13.4. The standard InChI is InChI=1S/C77H150O17P2/c1-7-9-11-13-15-17-19-21-24-29-32-36-40-47-53-59-74(79)87-65-72(93-76(81)62-56-50-42-38-34-30-26-23-25-27-31-35-39-45-51-57-69(3)4)67-91-95(83,84)89-63-71(78)64-90-96(85,86)92-68-73(66-88-75(80)60-54-48-44-43-46-52-58-70(5)6)94-77(82)61-55-49-41-37-33-28-22-20-18-16-14-12-10-8-2/h69-73,78H,7-68H2,1-6H3,(H,83,84)(H,85,86)/t71-,72-,73-/m1/s1. The van der Waals surface area contributed by atoms with Crippen molar-refractivity contribution < 1.29 is 80.2 Å². The van der Waals surface area contributed by atoms with Crippen molar-refractivity contribution in [3.05, 3.63) is 0 Å². The summed E-state index contributed by atoms with van der Waals surface area (Å²) in [7, 11) is -9.91. The Labute approximate surface area is 588 Å². The van der Waals surface area contributed by atoms with E-state index in [-0.39, 0.29) is 25.7 Å². The fourth-order valence-electron chi connectivity index (χ4n) is 11.8. The maximum Gasteiger partial charge on any atom is 0.472 e. The number of esters is 4. The minimum Gasteiger partial charge on any atom is -0.462 e. The van der Waals surface area contributed by atoms with E-state index in [1.165, 1.54) is 212 Å². The number of aliphatic hydroxyl groups excluding tert-OH is 1. The molecule has 0 amide bonds. The second kappa shape index (κ2) is 68.8. The van der Waals surface area contributed by atoms with Crippen molar-refractivity contribution in [3.63, 3.8) is 0 Å². The van der Waals surface area contributed by atoms with Gasteiger partial charge >= 0.3 is 39.5 Å². The molecule has 0 radical (unpaired) electrons. The van der Waals surface area contributed by atoms with Crippen molar-refractivity contribution in [2.75, 3.05) is 39.6 Å². The van der Waals surface area contributed by atoms with Gasteiger partial charge < -0.3 is 33.8 Å². The van der Waals surface area contributed by atoms with Gasteiger partial charge in [0.2, 0.25) is 0 Å². The van der Waals surface area contributed by atoms with Gasteiger partial charge in [-0.2, -0.15) is 0 Å². The number of carbonyl (C=O) groups excluding carboxylic acids is 4. The van der Waals surface area contributed by atoms with Crippen molar-refractivity contribution in [1.29, 1.82) is 0 Å². The summed E-state index contributed by atoms with van der Waals surface area (Å²) in [4.78, 5) is 72.8. The molecular weight excluding hydrogens is 1260 g/mol. The molecule has 0 aromatic rings. The predicted octanol–water partition coefficient (Wildman–Crippen LogP) is 22.7. The number of unbranched alkanes of at least 4 members (excludes halogenated alkanes) is 46. The summed E-state index contributed by atoms with van der Waals surface area (Å²) in [6.45, 7) is 9.56. The van der Waals surface area contributed by atoms with Crippen LogP contribution in [0.5, 0.6) is 0 Å².